The molecule has 0 aromatic heterocycles. The molecule has 0 aliphatic heterocycles. The van der Waals surface area contributed by atoms with Gasteiger partial charge >= 0.3 is 0 Å². The first kappa shape index (κ1) is 15.4. The minimum Gasteiger partial charge on any atom is -0.309 e. The molecular weight excluding hydrogens is 355 g/mol. The smallest absolute Gasteiger partial charge is 0.145 e. The van der Waals surface area contributed by atoms with Gasteiger partial charge in [-0.15, -0.1) is 0 Å². The van der Waals surface area contributed by atoms with Crippen molar-refractivity contribution in [2.24, 2.45) is 0 Å². The number of nitrogens with one attached hydrogen (secondary N) is 1. The zero-order chi connectivity index (χ0) is 14.9. The first-order valence-electron chi connectivity index (χ1n) is 5.71. The van der Waals surface area contributed by atoms with Crippen LogP contribution < -0.4 is 5.32 Å². The van der Waals surface area contributed by atoms with Crippen molar-refractivity contribution in [1.82, 2.24) is 5.32 Å². The monoisotopic (exact) mass is 363 g/mol. The van der Waals surface area contributed by atoms with Crippen LogP contribution in [0.3, 0.4) is 0 Å². The summed E-state index contributed by atoms with van der Waals surface area (Å²) >= 11 is 8.62. The molecule has 0 amide bonds. The molecule has 0 aliphatic rings. The van der Waals surface area contributed by atoms with Gasteiger partial charge in [0.05, 0.1) is 15.5 Å². The summed E-state index contributed by atoms with van der Waals surface area (Å²) in [5.41, 5.74) is 0.203. The normalized spacial score (nSPS) is 12.5. The summed E-state index contributed by atoms with van der Waals surface area (Å²) in [5.74, 6) is -2.07. The quantitative estimate of drug-likeness (QED) is 0.769. The maximum atomic E-state index is 14.1. The van der Waals surface area contributed by atoms with Crippen LogP contribution in [0.25, 0.3) is 0 Å². The van der Waals surface area contributed by atoms with Crippen LogP contribution in [-0.4, -0.2) is 7.05 Å². The second-order valence-electron chi connectivity index (χ2n) is 4.15. The van der Waals surface area contributed by atoms with Gasteiger partial charge in [0, 0.05) is 5.56 Å². The second-order valence-corrected chi connectivity index (χ2v) is 5.41. The largest absolute Gasteiger partial charge is 0.309 e. The van der Waals surface area contributed by atoms with Crippen molar-refractivity contribution in [1.29, 1.82) is 0 Å². The molecule has 0 aliphatic carbocycles. The van der Waals surface area contributed by atoms with Gasteiger partial charge in [0.2, 0.25) is 0 Å². The molecule has 0 bridgehead atoms. The van der Waals surface area contributed by atoms with E-state index in [1.54, 1.807) is 0 Å². The zero-order valence-electron chi connectivity index (χ0n) is 10.4. The lowest BCUT2D eigenvalue weighted by Gasteiger charge is -2.19. The molecule has 2 aromatic carbocycles. The van der Waals surface area contributed by atoms with Gasteiger partial charge < -0.3 is 5.32 Å². The average Bonchev–Trinajstić information content (AvgIpc) is 2.42. The molecule has 1 nitrogen and oxygen atoms in total. The van der Waals surface area contributed by atoms with Crippen LogP contribution >= 0.6 is 27.5 Å². The summed E-state index contributed by atoms with van der Waals surface area (Å²) < 4.78 is 41.7. The van der Waals surface area contributed by atoms with E-state index >= 15 is 0 Å². The number of benzene rings is 2. The van der Waals surface area contributed by atoms with Gasteiger partial charge in [-0.2, -0.15) is 0 Å². The van der Waals surface area contributed by atoms with Gasteiger partial charge in [0.15, 0.2) is 0 Å². The molecule has 1 unspecified atom stereocenters. The van der Waals surface area contributed by atoms with E-state index in [2.05, 4.69) is 21.2 Å². The lowest BCUT2D eigenvalue weighted by molar-refractivity contribution is 0.517. The van der Waals surface area contributed by atoms with Crippen LogP contribution in [0, 0.1) is 17.5 Å². The van der Waals surface area contributed by atoms with Gasteiger partial charge in [-0.1, -0.05) is 17.7 Å². The molecule has 0 saturated heterocycles. The van der Waals surface area contributed by atoms with Crippen molar-refractivity contribution in [3.63, 3.8) is 0 Å². The van der Waals surface area contributed by atoms with Gasteiger partial charge in [-0.3, -0.25) is 0 Å². The first-order chi connectivity index (χ1) is 9.45. The Kier molecular flexibility index (Phi) is 4.73. The lowest BCUT2D eigenvalue weighted by atomic mass is 9.97. The standard InChI is InChI=1S/C14H10BrClF3N/c1-20-14(7-2-4-9(16)11(18)6-7)12-10(17)5-3-8(15)13(12)19/h2-6,14,20H,1H3. The van der Waals surface area contributed by atoms with E-state index in [0.29, 0.717) is 5.56 Å². The molecule has 106 valence electrons. The third-order valence-electron chi connectivity index (χ3n) is 2.93. The Hall–Kier alpha value is -1.04. The summed E-state index contributed by atoms with van der Waals surface area (Å²) in [7, 11) is 1.54. The van der Waals surface area contributed by atoms with Crippen LogP contribution in [0.4, 0.5) is 13.2 Å². The van der Waals surface area contributed by atoms with Crippen molar-refractivity contribution >= 4 is 27.5 Å². The summed E-state index contributed by atoms with van der Waals surface area (Å²) in [6.07, 6.45) is 0. The highest BCUT2D eigenvalue weighted by atomic mass is 79.9. The molecule has 6 heteroatoms. The van der Waals surface area contributed by atoms with E-state index in [9.17, 15) is 13.2 Å². The molecule has 0 spiro atoms. The van der Waals surface area contributed by atoms with E-state index in [-0.39, 0.29) is 15.1 Å². The van der Waals surface area contributed by atoms with E-state index in [1.165, 1.54) is 25.2 Å². The molecule has 2 aromatic rings. The number of hydrogen-bond acceptors (Lipinski definition) is 1. The van der Waals surface area contributed by atoms with Crippen molar-refractivity contribution in [2.75, 3.05) is 7.05 Å². The van der Waals surface area contributed by atoms with Gasteiger partial charge in [-0.05, 0) is 52.8 Å². The van der Waals surface area contributed by atoms with Crippen LogP contribution in [0.2, 0.25) is 5.02 Å². The topological polar surface area (TPSA) is 12.0 Å². The lowest BCUT2D eigenvalue weighted by Crippen LogP contribution is -2.20. The summed E-state index contributed by atoms with van der Waals surface area (Å²) in [6.45, 7) is 0. The number of hydrogen-bond donors (Lipinski definition) is 1. The van der Waals surface area contributed by atoms with Crippen LogP contribution in [0.1, 0.15) is 17.2 Å². The Labute approximate surface area is 127 Å². The highest BCUT2D eigenvalue weighted by Gasteiger charge is 2.23. The maximum Gasteiger partial charge on any atom is 0.145 e. The molecule has 1 atom stereocenters. The van der Waals surface area contributed by atoms with Crippen molar-refractivity contribution < 1.29 is 13.2 Å². The molecule has 2 rings (SSSR count). The van der Waals surface area contributed by atoms with E-state index in [0.717, 1.165) is 12.1 Å². The molecular formula is C14H10BrClF3N. The van der Waals surface area contributed by atoms with E-state index < -0.39 is 23.5 Å². The average molecular weight is 365 g/mol. The molecule has 0 radical (unpaired) electrons. The van der Waals surface area contributed by atoms with Crippen LogP contribution in [0.15, 0.2) is 34.8 Å². The third kappa shape index (κ3) is 2.85. The molecule has 0 saturated carbocycles. The molecule has 0 heterocycles. The summed E-state index contributed by atoms with van der Waals surface area (Å²) in [5, 5.41) is 2.74. The second kappa shape index (κ2) is 6.16. The minimum atomic E-state index is -0.820. The highest BCUT2D eigenvalue weighted by molar-refractivity contribution is 9.10. The third-order valence-corrected chi connectivity index (χ3v) is 3.85. The maximum absolute atomic E-state index is 14.1. The Morgan fingerprint density at radius 2 is 1.80 bits per heavy atom. The summed E-state index contributed by atoms with van der Waals surface area (Å²) in [6, 6.07) is 5.64. The van der Waals surface area contributed by atoms with E-state index in [1.807, 2.05) is 0 Å². The van der Waals surface area contributed by atoms with Crippen molar-refractivity contribution in [3.8, 4) is 0 Å². The fourth-order valence-corrected chi connectivity index (χ4v) is 2.44. The van der Waals surface area contributed by atoms with Gasteiger partial charge in [-0.25, -0.2) is 13.2 Å². The SMILES string of the molecule is CNC(c1ccc(Cl)c(F)c1)c1c(F)ccc(Br)c1F. The fraction of sp³-hybridized carbons (Fsp3) is 0.143. The predicted molar refractivity (Wildman–Crippen MR) is 76.4 cm³/mol. The Bertz CT molecular complexity index is 649. The Balaban J connectivity index is 2.58. The zero-order valence-corrected chi connectivity index (χ0v) is 12.7. The van der Waals surface area contributed by atoms with Crippen LogP contribution in [0.5, 0.6) is 0 Å². The van der Waals surface area contributed by atoms with Crippen LogP contribution in [-0.2, 0) is 0 Å². The van der Waals surface area contributed by atoms with Crippen molar-refractivity contribution in [3.05, 3.63) is 68.4 Å². The molecule has 1 N–H and O–H groups in total. The molecule has 20 heavy (non-hydrogen) atoms. The minimum absolute atomic E-state index is 0.0428. The number of halogens is 5. The van der Waals surface area contributed by atoms with E-state index in [4.69, 9.17) is 11.6 Å². The van der Waals surface area contributed by atoms with Gasteiger partial charge in [0.25, 0.3) is 0 Å². The van der Waals surface area contributed by atoms with Gasteiger partial charge in [0.1, 0.15) is 17.5 Å². The number of rotatable bonds is 3. The Morgan fingerprint density at radius 3 is 2.40 bits per heavy atom. The predicted octanol–water partition coefficient (Wildman–Crippen LogP) is 4.83. The Morgan fingerprint density at radius 1 is 1.10 bits per heavy atom. The fourth-order valence-electron chi connectivity index (χ4n) is 1.98. The summed E-state index contributed by atoms with van der Waals surface area (Å²) in [4.78, 5) is 0. The molecule has 0 fully saturated rings. The van der Waals surface area contributed by atoms with Crippen molar-refractivity contribution in [2.45, 2.75) is 6.04 Å². The highest BCUT2D eigenvalue weighted by Crippen LogP contribution is 2.31. The first-order valence-corrected chi connectivity index (χ1v) is 6.88.